The van der Waals surface area contributed by atoms with Crippen molar-refractivity contribution in [2.45, 2.75) is 19.9 Å². The van der Waals surface area contributed by atoms with Gasteiger partial charge in [-0.25, -0.2) is 0 Å². The smallest absolute Gasteiger partial charge is 0.268 e. The van der Waals surface area contributed by atoms with Crippen LogP contribution in [-0.2, 0) is 4.79 Å². The van der Waals surface area contributed by atoms with Crippen LogP contribution in [0.15, 0.2) is 77.0 Å². The minimum atomic E-state index is -0.421. The third kappa shape index (κ3) is 5.38. The molecule has 30 heavy (non-hydrogen) atoms. The van der Waals surface area contributed by atoms with Crippen molar-refractivity contribution < 1.29 is 18.7 Å². The van der Waals surface area contributed by atoms with Crippen LogP contribution in [-0.4, -0.2) is 18.9 Å². The van der Waals surface area contributed by atoms with Crippen LogP contribution in [0.4, 0.5) is 0 Å². The number of furan rings is 1. The van der Waals surface area contributed by atoms with E-state index in [9.17, 15) is 9.59 Å². The molecule has 0 saturated carbocycles. The second-order valence-corrected chi connectivity index (χ2v) is 6.86. The summed E-state index contributed by atoms with van der Waals surface area (Å²) in [7, 11) is 1.60. The molecule has 2 amide bonds. The van der Waals surface area contributed by atoms with Crippen molar-refractivity contribution in [3.63, 3.8) is 0 Å². The normalized spacial score (nSPS) is 12.2. The van der Waals surface area contributed by atoms with Crippen LogP contribution in [0.1, 0.15) is 40.2 Å². The summed E-state index contributed by atoms with van der Waals surface area (Å²) < 4.78 is 10.5. The van der Waals surface area contributed by atoms with E-state index in [4.69, 9.17) is 9.15 Å². The fourth-order valence-electron chi connectivity index (χ4n) is 2.82. The van der Waals surface area contributed by atoms with Crippen LogP contribution in [0.5, 0.6) is 5.75 Å². The van der Waals surface area contributed by atoms with E-state index >= 15 is 0 Å². The molecule has 0 saturated heterocycles. The van der Waals surface area contributed by atoms with Crippen molar-refractivity contribution in [1.82, 2.24) is 10.6 Å². The van der Waals surface area contributed by atoms with E-state index in [0.717, 1.165) is 16.9 Å². The molecule has 0 aliphatic carbocycles. The average molecular weight is 404 g/mol. The van der Waals surface area contributed by atoms with E-state index in [-0.39, 0.29) is 17.6 Å². The Kier molecular flexibility index (Phi) is 6.70. The van der Waals surface area contributed by atoms with Gasteiger partial charge in [0.15, 0.2) is 0 Å². The first-order chi connectivity index (χ1) is 14.5. The van der Waals surface area contributed by atoms with E-state index in [1.54, 1.807) is 31.4 Å². The number of nitrogens with one attached hydrogen (secondary N) is 2. The Bertz CT molecular complexity index is 1020. The Hall–Kier alpha value is -3.80. The van der Waals surface area contributed by atoms with Crippen molar-refractivity contribution >= 4 is 17.9 Å². The van der Waals surface area contributed by atoms with Gasteiger partial charge in [-0.3, -0.25) is 9.59 Å². The highest BCUT2D eigenvalue weighted by molar-refractivity contribution is 6.05. The third-order valence-corrected chi connectivity index (χ3v) is 4.60. The molecular formula is C24H24N2O4. The maximum absolute atomic E-state index is 12.9. The maximum Gasteiger partial charge on any atom is 0.268 e. The van der Waals surface area contributed by atoms with Crippen LogP contribution in [0.3, 0.4) is 0 Å². The number of ether oxygens (including phenoxy) is 1. The monoisotopic (exact) mass is 404 g/mol. The van der Waals surface area contributed by atoms with E-state index in [2.05, 4.69) is 10.6 Å². The molecule has 0 unspecified atom stereocenters. The summed E-state index contributed by atoms with van der Waals surface area (Å²) in [5.41, 5.74) is 2.51. The van der Waals surface area contributed by atoms with Crippen LogP contribution < -0.4 is 15.4 Å². The number of hydrogen-bond acceptors (Lipinski definition) is 4. The first-order valence-corrected chi connectivity index (χ1v) is 9.54. The number of carbonyl (C=O) groups is 2. The molecule has 3 aromatic rings. The quantitative estimate of drug-likeness (QED) is 0.577. The highest BCUT2D eigenvalue weighted by Crippen LogP contribution is 2.18. The van der Waals surface area contributed by atoms with Crippen molar-refractivity contribution in [1.29, 1.82) is 0 Å². The molecule has 1 aromatic heterocycles. The highest BCUT2D eigenvalue weighted by atomic mass is 16.5. The standard InChI is InChI=1S/C24H24N2O4/c1-16-6-8-19(9-7-16)23(27)26-22(15-21-5-4-14-30-21)24(28)25-17(2)18-10-12-20(29-3)13-11-18/h4-15,17H,1-3H3,(H,25,28)(H,26,27)/b22-15-/t17-/m1/s1. The van der Waals surface area contributed by atoms with Gasteiger partial charge in [-0.05, 0) is 55.8 Å². The van der Waals surface area contributed by atoms with E-state index in [1.807, 2.05) is 50.2 Å². The molecule has 0 aliphatic heterocycles. The molecule has 1 atom stereocenters. The molecule has 1 heterocycles. The molecule has 2 aromatic carbocycles. The lowest BCUT2D eigenvalue weighted by molar-refractivity contribution is -0.118. The van der Waals surface area contributed by atoms with Gasteiger partial charge in [-0.1, -0.05) is 29.8 Å². The van der Waals surface area contributed by atoms with Crippen LogP contribution in [0, 0.1) is 6.92 Å². The number of benzene rings is 2. The number of rotatable bonds is 7. The lowest BCUT2D eigenvalue weighted by Gasteiger charge is -2.17. The van der Waals surface area contributed by atoms with Gasteiger partial charge >= 0.3 is 0 Å². The SMILES string of the molecule is COc1ccc([C@@H](C)NC(=O)/C(=C/c2ccco2)NC(=O)c2ccc(C)cc2)cc1. The van der Waals surface area contributed by atoms with Gasteiger partial charge in [-0.15, -0.1) is 0 Å². The van der Waals surface area contributed by atoms with E-state index in [1.165, 1.54) is 12.3 Å². The Morgan fingerprint density at radius 3 is 2.33 bits per heavy atom. The van der Waals surface area contributed by atoms with Crippen LogP contribution >= 0.6 is 0 Å². The molecule has 0 bridgehead atoms. The predicted octanol–water partition coefficient (Wildman–Crippen LogP) is 4.24. The van der Waals surface area contributed by atoms with Gasteiger partial charge in [0.25, 0.3) is 11.8 Å². The zero-order chi connectivity index (χ0) is 21.5. The highest BCUT2D eigenvalue weighted by Gasteiger charge is 2.18. The second kappa shape index (κ2) is 9.60. The van der Waals surface area contributed by atoms with Crippen molar-refractivity contribution in [2.24, 2.45) is 0 Å². The molecule has 154 valence electrons. The molecule has 0 aliphatic rings. The number of aryl methyl sites for hydroxylation is 1. The predicted molar refractivity (Wildman–Crippen MR) is 115 cm³/mol. The average Bonchev–Trinajstić information content (AvgIpc) is 3.27. The summed E-state index contributed by atoms with van der Waals surface area (Å²) in [6.07, 6.45) is 3.01. The number of methoxy groups -OCH3 is 1. The van der Waals surface area contributed by atoms with E-state index < -0.39 is 5.91 Å². The zero-order valence-electron chi connectivity index (χ0n) is 17.1. The van der Waals surface area contributed by atoms with Crippen LogP contribution in [0.25, 0.3) is 6.08 Å². The third-order valence-electron chi connectivity index (χ3n) is 4.60. The van der Waals surface area contributed by atoms with Crippen LogP contribution in [0.2, 0.25) is 0 Å². The molecule has 6 nitrogen and oxygen atoms in total. The minimum absolute atomic E-state index is 0.0934. The van der Waals surface area contributed by atoms with Gasteiger partial charge < -0.3 is 19.8 Å². The van der Waals surface area contributed by atoms with Crippen molar-refractivity contribution in [3.05, 3.63) is 95.1 Å². The fourth-order valence-corrected chi connectivity index (χ4v) is 2.82. The number of amides is 2. The molecule has 0 spiro atoms. The lowest BCUT2D eigenvalue weighted by atomic mass is 10.1. The summed E-state index contributed by atoms with van der Waals surface area (Å²) in [6.45, 7) is 3.81. The molecule has 2 N–H and O–H groups in total. The summed E-state index contributed by atoms with van der Waals surface area (Å²) >= 11 is 0. The minimum Gasteiger partial charge on any atom is -0.497 e. The Labute approximate surface area is 175 Å². The summed E-state index contributed by atoms with van der Waals surface area (Å²) in [4.78, 5) is 25.6. The second-order valence-electron chi connectivity index (χ2n) is 6.86. The molecular weight excluding hydrogens is 380 g/mol. The maximum atomic E-state index is 12.9. The number of hydrogen-bond donors (Lipinski definition) is 2. The first-order valence-electron chi connectivity index (χ1n) is 9.54. The summed E-state index contributed by atoms with van der Waals surface area (Å²) in [5.74, 6) is 0.401. The topological polar surface area (TPSA) is 80.6 Å². The Balaban J connectivity index is 1.78. The molecule has 6 heteroatoms. The van der Waals surface area contributed by atoms with E-state index in [0.29, 0.717) is 11.3 Å². The van der Waals surface area contributed by atoms with Crippen molar-refractivity contribution in [2.75, 3.05) is 7.11 Å². The first kappa shape index (κ1) is 20.9. The van der Waals surface area contributed by atoms with Gasteiger partial charge in [-0.2, -0.15) is 0 Å². The van der Waals surface area contributed by atoms with Crippen molar-refractivity contribution in [3.8, 4) is 5.75 Å². The van der Waals surface area contributed by atoms with Gasteiger partial charge in [0.1, 0.15) is 17.2 Å². The van der Waals surface area contributed by atoms with Gasteiger partial charge in [0.2, 0.25) is 0 Å². The molecule has 3 rings (SSSR count). The van der Waals surface area contributed by atoms with Gasteiger partial charge in [0, 0.05) is 11.6 Å². The molecule has 0 radical (unpaired) electrons. The largest absolute Gasteiger partial charge is 0.497 e. The fraction of sp³-hybridized carbons (Fsp3) is 0.167. The van der Waals surface area contributed by atoms with Gasteiger partial charge in [0.05, 0.1) is 19.4 Å². The lowest BCUT2D eigenvalue weighted by Crippen LogP contribution is -2.36. The summed E-state index contributed by atoms with van der Waals surface area (Å²) in [6, 6.07) is 17.7. The Morgan fingerprint density at radius 2 is 1.73 bits per heavy atom. The Morgan fingerprint density at radius 1 is 1.03 bits per heavy atom. The molecule has 0 fully saturated rings. The zero-order valence-corrected chi connectivity index (χ0v) is 17.1. The number of carbonyl (C=O) groups excluding carboxylic acids is 2. The summed E-state index contributed by atoms with van der Waals surface area (Å²) in [5, 5.41) is 5.60.